The maximum atomic E-state index is 14.5. The van der Waals surface area contributed by atoms with Crippen LogP contribution in [0.3, 0.4) is 0 Å². The van der Waals surface area contributed by atoms with Crippen molar-refractivity contribution in [3.05, 3.63) is 59.0 Å². The predicted molar refractivity (Wildman–Crippen MR) is 116 cm³/mol. The Kier molecular flexibility index (Phi) is 5.38. The fraction of sp³-hybridized carbons (Fsp3) is 0.435. The molecular weight excluding hydrogens is 414 g/mol. The smallest absolute Gasteiger partial charge is 0.164 e. The molecule has 0 saturated carbocycles. The van der Waals surface area contributed by atoms with Gasteiger partial charge in [0, 0.05) is 37.9 Å². The van der Waals surface area contributed by atoms with Gasteiger partial charge in [0.2, 0.25) is 0 Å². The van der Waals surface area contributed by atoms with Crippen LogP contribution in [0.25, 0.3) is 11.4 Å². The molecule has 32 heavy (non-hydrogen) atoms. The van der Waals surface area contributed by atoms with Crippen LogP contribution in [-0.4, -0.2) is 49.9 Å². The first-order valence-corrected chi connectivity index (χ1v) is 10.8. The zero-order valence-electron chi connectivity index (χ0n) is 18.4. The van der Waals surface area contributed by atoms with Crippen LogP contribution in [0.15, 0.2) is 30.7 Å². The average Bonchev–Trinajstić information content (AvgIpc) is 3.22. The minimum atomic E-state index is -0.817. The number of aryl methyl sites for hydroxylation is 1. The second-order valence-corrected chi connectivity index (χ2v) is 8.76. The third kappa shape index (κ3) is 3.86. The zero-order chi connectivity index (χ0) is 22.4. The number of hydrogen-bond donors (Lipinski definition) is 0. The molecule has 0 unspecified atom stereocenters. The van der Waals surface area contributed by atoms with E-state index in [1.165, 1.54) is 6.33 Å². The Labute approximate surface area is 185 Å². The zero-order valence-corrected chi connectivity index (χ0v) is 18.4. The van der Waals surface area contributed by atoms with Gasteiger partial charge in [-0.1, -0.05) is 12.1 Å². The highest BCUT2D eigenvalue weighted by Gasteiger charge is 2.28. The van der Waals surface area contributed by atoms with E-state index in [0.717, 1.165) is 36.6 Å². The summed E-state index contributed by atoms with van der Waals surface area (Å²) in [7, 11) is 0. The Morgan fingerprint density at radius 2 is 1.84 bits per heavy atom. The van der Waals surface area contributed by atoms with E-state index >= 15 is 0 Å². The second kappa shape index (κ2) is 8.22. The number of ether oxygens (including phenoxy) is 1. The van der Waals surface area contributed by atoms with Gasteiger partial charge in [-0.2, -0.15) is 5.10 Å². The highest BCUT2D eigenvalue weighted by atomic mass is 19.2. The minimum Gasteiger partial charge on any atom is -0.373 e. The number of morpholine rings is 1. The monoisotopic (exact) mass is 440 g/mol. The summed E-state index contributed by atoms with van der Waals surface area (Å²) in [5, 5.41) is 4.31. The van der Waals surface area contributed by atoms with Gasteiger partial charge in [-0.25, -0.2) is 23.4 Å². The number of benzene rings is 1. The Bertz CT molecular complexity index is 1140. The Hall–Kier alpha value is -2.91. The van der Waals surface area contributed by atoms with Crippen molar-refractivity contribution in [1.82, 2.24) is 24.6 Å². The molecule has 0 aliphatic carbocycles. The number of nitrogens with zero attached hydrogens (tertiary/aromatic N) is 6. The lowest BCUT2D eigenvalue weighted by atomic mass is 10.1. The molecule has 0 spiro atoms. The highest BCUT2D eigenvalue weighted by molar-refractivity contribution is 5.73. The first-order chi connectivity index (χ1) is 15.4. The molecule has 0 N–H and O–H groups in total. The van der Waals surface area contributed by atoms with Crippen molar-refractivity contribution in [2.45, 2.75) is 52.7 Å². The van der Waals surface area contributed by atoms with Gasteiger partial charge in [0.15, 0.2) is 17.5 Å². The fourth-order valence-electron chi connectivity index (χ4n) is 4.62. The summed E-state index contributed by atoms with van der Waals surface area (Å²) in [6.45, 7) is 8.75. The molecule has 0 bridgehead atoms. The van der Waals surface area contributed by atoms with Gasteiger partial charge in [-0.15, -0.1) is 0 Å². The number of anilines is 1. The van der Waals surface area contributed by atoms with E-state index in [-0.39, 0.29) is 24.3 Å². The van der Waals surface area contributed by atoms with Crippen LogP contribution in [0.4, 0.5) is 14.6 Å². The maximum absolute atomic E-state index is 14.5. The Morgan fingerprint density at radius 1 is 1.06 bits per heavy atom. The number of rotatable bonds is 4. The van der Waals surface area contributed by atoms with Crippen molar-refractivity contribution < 1.29 is 13.5 Å². The highest BCUT2D eigenvalue weighted by Crippen LogP contribution is 2.34. The molecule has 3 aromatic rings. The van der Waals surface area contributed by atoms with Crippen LogP contribution >= 0.6 is 0 Å². The third-order valence-electron chi connectivity index (χ3n) is 6.00. The van der Waals surface area contributed by atoms with Crippen molar-refractivity contribution in [2.24, 2.45) is 0 Å². The van der Waals surface area contributed by atoms with Gasteiger partial charge >= 0.3 is 0 Å². The summed E-state index contributed by atoms with van der Waals surface area (Å²) >= 11 is 0. The number of pyridine rings is 1. The minimum absolute atomic E-state index is 0.181. The first kappa shape index (κ1) is 21.0. The van der Waals surface area contributed by atoms with E-state index in [1.807, 2.05) is 11.1 Å². The summed E-state index contributed by atoms with van der Waals surface area (Å²) in [4.78, 5) is 13.4. The van der Waals surface area contributed by atoms with Gasteiger partial charge in [0.05, 0.1) is 17.8 Å². The summed E-state index contributed by atoms with van der Waals surface area (Å²) in [6, 6.07) is 5.30. The van der Waals surface area contributed by atoms with E-state index in [4.69, 9.17) is 9.72 Å². The largest absolute Gasteiger partial charge is 0.373 e. The molecule has 0 radical (unpaired) electrons. The maximum Gasteiger partial charge on any atom is 0.164 e. The van der Waals surface area contributed by atoms with Gasteiger partial charge < -0.3 is 9.64 Å². The van der Waals surface area contributed by atoms with Crippen molar-refractivity contribution in [3.63, 3.8) is 0 Å². The molecular formula is C23H26F2N6O. The van der Waals surface area contributed by atoms with Gasteiger partial charge in [-0.3, -0.25) is 4.90 Å². The topological polar surface area (TPSA) is 59.3 Å². The van der Waals surface area contributed by atoms with Gasteiger partial charge in [0.1, 0.15) is 18.8 Å². The summed E-state index contributed by atoms with van der Waals surface area (Å²) in [5.41, 5.74) is 2.48. The molecule has 2 aliphatic rings. The first-order valence-electron chi connectivity index (χ1n) is 10.8. The Morgan fingerprint density at radius 3 is 2.62 bits per heavy atom. The number of hydrogen-bond acceptors (Lipinski definition) is 6. The molecule has 1 saturated heterocycles. The predicted octanol–water partition coefficient (Wildman–Crippen LogP) is 3.51. The van der Waals surface area contributed by atoms with Crippen LogP contribution in [0, 0.1) is 18.6 Å². The average molecular weight is 440 g/mol. The molecule has 0 amide bonds. The van der Waals surface area contributed by atoms with Crippen molar-refractivity contribution in [2.75, 3.05) is 18.0 Å². The quantitative estimate of drug-likeness (QED) is 0.619. The van der Waals surface area contributed by atoms with Crippen LogP contribution in [0.2, 0.25) is 0 Å². The molecule has 1 aromatic carbocycles. The summed E-state index contributed by atoms with van der Waals surface area (Å²) in [5.74, 6) is -0.204. The lowest BCUT2D eigenvalue weighted by Gasteiger charge is -2.35. The van der Waals surface area contributed by atoms with Crippen LogP contribution < -0.4 is 4.90 Å². The van der Waals surface area contributed by atoms with E-state index in [9.17, 15) is 8.78 Å². The normalized spacial score (nSPS) is 20.8. The van der Waals surface area contributed by atoms with Crippen molar-refractivity contribution >= 4 is 5.82 Å². The number of fused-ring (bicyclic) bond motifs is 3. The van der Waals surface area contributed by atoms with Crippen molar-refractivity contribution in [1.29, 1.82) is 0 Å². The number of aromatic nitrogens is 4. The lowest BCUT2D eigenvalue weighted by Crippen LogP contribution is -2.44. The molecule has 2 atom stereocenters. The van der Waals surface area contributed by atoms with E-state index in [1.54, 1.807) is 23.7 Å². The molecule has 7 nitrogen and oxygen atoms in total. The van der Waals surface area contributed by atoms with Gasteiger partial charge in [-0.05, 0) is 38.0 Å². The number of halogens is 2. The van der Waals surface area contributed by atoms with Crippen molar-refractivity contribution in [3.8, 4) is 11.4 Å². The molecule has 1 fully saturated rings. The SMILES string of the molecule is Cc1ccc(CN2Cn3ncnc3-c3cc(CN4C[C@@H](C)O[C@@H](C)C4)cnc32)c(F)c1F. The molecule has 4 heterocycles. The summed E-state index contributed by atoms with van der Waals surface area (Å²) in [6.07, 6.45) is 3.74. The summed E-state index contributed by atoms with van der Waals surface area (Å²) < 4.78 is 36.2. The lowest BCUT2D eigenvalue weighted by molar-refractivity contribution is -0.0705. The molecule has 2 aromatic heterocycles. The molecule has 168 valence electrons. The Balaban J connectivity index is 1.45. The fourth-order valence-corrected chi connectivity index (χ4v) is 4.62. The van der Waals surface area contributed by atoms with Crippen LogP contribution in [0.1, 0.15) is 30.5 Å². The second-order valence-electron chi connectivity index (χ2n) is 8.76. The molecule has 9 heteroatoms. The van der Waals surface area contributed by atoms with Crippen LogP contribution in [-0.2, 0) is 24.5 Å². The van der Waals surface area contributed by atoms with E-state index in [0.29, 0.717) is 18.1 Å². The molecule has 2 aliphatic heterocycles. The molecule has 5 rings (SSSR count). The van der Waals surface area contributed by atoms with E-state index < -0.39 is 11.6 Å². The van der Waals surface area contributed by atoms with E-state index in [2.05, 4.69) is 34.9 Å². The van der Waals surface area contributed by atoms with Crippen LogP contribution in [0.5, 0.6) is 0 Å². The standard InChI is InChI=1S/C23H26F2N6O/c1-14-4-5-18(21(25)20(14)24)11-30-13-31-23(27-12-28-31)19-6-17(7-26-22(19)30)10-29-8-15(2)32-16(3)9-29/h4-7,12,15-16H,8-11,13H2,1-3H3/t15-,16+. The third-order valence-corrected chi connectivity index (χ3v) is 6.00. The van der Waals surface area contributed by atoms with Gasteiger partial charge in [0.25, 0.3) is 0 Å².